The van der Waals surface area contributed by atoms with Gasteiger partial charge in [-0.2, -0.15) is 13.2 Å². The minimum atomic E-state index is -4.75. The second-order valence-electron chi connectivity index (χ2n) is 8.63. The van der Waals surface area contributed by atoms with E-state index in [0.717, 1.165) is 12.3 Å². The van der Waals surface area contributed by atoms with E-state index in [4.69, 9.17) is 22.1 Å². The molecule has 0 bridgehead atoms. The van der Waals surface area contributed by atoms with Crippen molar-refractivity contribution in [2.45, 2.75) is 29.7 Å². The number of aromatic nitrogens is 3. The molecule has 2 N–H and O–H groups in total. The van der Waals surface area contributed by atoms with Crippen LogP contribution in [-0.4, -0.2) is 49.7 Å². The Kier molecular flexibility index (Phi) is 6.88. The van der Waals surface area contributed by atoms with Crippen LogP contribution in [0.15, 0.2) is 47.5 Å². The highest BCUT2D eigenvalue weighted by Gasteiger charge is 2.42. The van der Waals surface area contributed by atoms with Crippen molar-refractivity contribution in [2.75, 3.05) is 36.9 Å². The van der Waals surface area contributed by atoms with Crippen molar-refractivity contribution < 1.29 is 26.3 Å². The Labute approximate surface area is 211 Å². The topological polar surface area (TPSA) is 111 Å². The molecule has 3 aromatic rings. The summed E-state index contributed by atoms with van der Waals surface area (Å²) < 4.78 is 72.7. The third-order valence-corrected chi connectivity index (χ3v) is 8.86. The van der Waals surface area contributed by atoms with E-state index in [-0.39, 0.29) is 38.6 Å². The standard InChI is InChI=1S/C23H23ClF3N5O3S/c1-22(2,36(33,34)18-6-4-3-5-16(18)24)19-12-17(30-21(31-19)32-7-9-35-10-8-32)14-13-29-20(28)11-15(14)23(25,26)27/h3-6,11-13H,7-10H2,1-2H3,(H2,28,29). The number of hydrogen-bond donors (Lipinski definition) is 1. The molecule has 13 heteroatoms. The summed E-state index contributed by atoms with van der Waals surface area (Å²) in [5, 5.41) is 0.0235. The van der Waals surface area contributed by atoms with Gasteiger partial charge in [-0.15, -0.1) is 0 Å². The van der Waals surface area contributed by atoms with Crippen LogP contribution in [0.25, 0.3) is 11.3 Å². The fourth-order valence-corrected chi connectivity index (χ4v) is 5.72. The number of morpholine rings is 1. The third kappa shape index (κ3) is 4.84. The van der Waals surface area contributed by atoms with Crippen molar-refractivity contribution in [3.63, 3.8) is 0 Å². The average Bonchev–Trinajstić information content (AvgIpc) is 2.83. The van der Waals surface area contributed by atoms with Crippen LogP contribution in [0.4, 0.5) is 24.9 Å². The molecule has 1 saturated heterocycles. The Morgan fingerprint density at radius 2 is 1.75 bits per heavy atom. The van der Waals surface area contributed by atoms with Crippen molar-refractivity contribution in [1.82, 2.24) is 15.0 Å². The van der Waals surface area contributed by atoms with Gasteiger partial charge in [-0.3, -0.25) is 0 Å². The number of halogens is 4. The van der Waals surface area contributed by atoms with Crippen LogP contribution >= 0.6 is 11.6 Å². The zero-order valence-corrected chi connectivity index (χ0v) is 21.0. The molecular formula is C23H23ClF3N5O3S. The van der Waals surface area contributed by atoms with E-state index >= 15 is 0 Å². The number of sulfone groups is 1. The molecule has 0 radical (unpaired) electrons. The lowest BCUT2D eigenvalue weighted by Gasteiger charge is -2.30. The van der Waals surface area contributed by atoms with Crippen LogP contribution in [0, 0.1) is 0 Å². The van der Waals surface area contributed by atoms with E-state index in [1.165, 1.54) is 38.1 Å². The van der Waals surface area contributed by atoms with Crippen molar-refractivity contribution >= 4 is 33.2 Å². The zero-order valence-electron chi connectivity index (χ0n) is 19.4. The maximum atomic E-state index is 13.9. The molecule has 0 saturated carbocycles. The van der Waals surface area contributed by atoms with E-state index in [1.54, 1.807) is 11.0 Å². The zero-order chi connectivity index (χ0) is 26.3. The molecule has 1 fully saturated rings. The summed E-state index contributed by atoms with van der Waals surface area (Å²) in [6.45, 7) is 4.34. The highest BCUT2D eigenvalue weighted by Crippen LogP contribution is 2.41. The van der Waals surface area contributed by atoms with Gasteiger partial charge in [-0.1, -0.05) is 23.7 Å². The van der Waals surface area contributed by atoms with Crippen molar-refractivity contribution in [1.29, 1.82) is 0 Å². The summed E-state index contributed by atoms with van der Waals surface area (Å²) >= 11 is 6.19. The van der Waals surface area contributed by atoms with Crippen LogP contribution in [0.3, 0.4) is 0 Å². The molecule has 1 aliphatic rings. The minimum absolute atomic E-state index is 0.00105. The number of nitrogens with two attached hydrogens (primary N) is 1. The van der Waals surface area contributed by atoms with Gasteiger partial charge < -0.3 is 15.4 Å². The number of pyridine rings is 1. The summed E-state index contributed by atoms with van der Waals surface area (Å²) in [6, 6.07) is 7.91. The Balaban J connectivity index is 1.95. The first-order valence-electron chi connectivity index (χ1n) is 10.9. The van der Waals surface area contributed by atoms with Crippen LogP contribution in [-0.2, 0) is 25.5 Å². The fraction of sp³-hybridized carbons (Fsp3) is 0.348. The number of anilines is 2. The van der Waals surface area contributed by atoms with Crippen molar-refractivity contribution in [3.05, 3.63) is 58.9 Å². The van der Waals surface area contributed by atoms with E-state index in [9.17, 15) is 21.6 Å². The maximum Gasteiger partial charge on any atom is 0.417 e. The normalized spacial score (nSPS) is 15.2. The van der Waals surface area contributed by atoms with Gasteiger partial charge in [-0.05, 0) is 38.1 Å². The molecule has 2 aromatic heterocycles. The monoisotopic (exact) mass is 541 g/mol. The largest absolute Gasteiger partial charge is 0.417 e. The Morgan fingerprint density at radius 1 is 1.08 bits per heavy atom. The molecule has 0 spiro atoms. The maximum absolute atomic E-state index is 13.9. The molecule has 0 amide bonds. The molecule has 4 rings (SSSR count). The van der Waals surface area contributed by atoms with Crippen LogP contribution in [0.2, 0.25) is 5.02 Å². The third-order valence-electron chi connectivity index (χ3n) is 5.93. The molecule has 0 atom stereocenters. The highest BCUT2D eigenvalue weighted by molar-refractivity contribution is 7.92. The number of benzene rings is 1. The van der Waals surface area contributed by atoms with Gasteiger partial charge in [0.2, 0.25) is 5.95 Å². The summed E-state index contributed by atoms with van der Waals surface area (Å²) in [5.41, 5.74) is 4.00. The van der Waals surface area contributed by atoms with Crippen molar-refractivity contribution in [2.24, 2.45) is 0 Å². The summed E-state index contributed by atoms with van der Waals surface area (Å²) in [4.78, 5) is 14.3. The van der Waals surface area contributed by atoms with Crippen molar-refractivity contribution in [3.8, 4) is 11.3 Å². The molecule has 0 unspecified atom stereocenters. The number of nitrogen functional groups attached to an aromatic ring is 1. The van der Waals surface area contributed by atoms with Gasteiger partial charge >= 0.3 is 6.18 Å². The quantitative estimate of drug-likeness (QED) is 0.508. The first kappa shape index (κ1) is 26.1. The Hall–Kier alpha value is -2.96. The van der Waals surface area contributed by atoms with Gasteiger partial charge in [0.1, 0.15) is 10.6 Å². The Morgan fingerprint density at radius 3 is 2.39 bits per heavy atom. The molecule has 1 aliphatic heterocycles. The smallest absolute Gasteiger partial charge is 0.384 e. The van der Waals surface area contributed by atoms with E-state index in [0.29, 0.717) is 26.3 Å². The summed E-state index contributed by atoms with van der Waals surface area (Å²) in [7, 11) is -4.14. The molecule has 36 heavy (non-hydrogen) atoms. The molecule has 3 heterocycles. The van der Waals surface area contributed by atoms with E-state index in [2.05, 4.69) is 15.0 Å². The number of alkyl halides is 3. The number of hydrogen-bond acceptors (Lipinski definition) is 8. The lowest BCUT2D eigenvalue weighted by atomic mass is 10.0. The predicted molar refractivity (Wildman–Crippen MR) is 129 cm³/mol. The average molecular weight is 542 g/mol. The lowest BCUT2D eigenvalue weighted by molar-refractivity contribution is -0.137. The predicted octanol–water partition coefficient (Wildman–Crippen LogP) is 4.34. The SMILES string of the molecule is CC(C)(c1cc(-c2cnc(N)cc2C(F)(F)F)nc(N2CCOCC2)n1)S(=O)(=O)c1ccccc1Cl. The lowest BCUT2D eigenvalue weighted by Crippen LogP contribution is -2.38. The van der Waals surface area contributed by atoms with E-state index in [1.807, 2.05) is 0 Å². The second-order valence-corrected chi connectivity index (χ2v) is 11.5. The number of nitrogens with zero attached hydrogens (tertiary/aromatic N) is 4. The number of ether oxygens (including phenoxy) is 1. The van der Waals surface area contributed by atoms with E-state index < -0.39 is 26.3 Å². The first-order valence-corrected chi connectivity index (χ1v) is 12.7. The Bertz CT molecular complexity index is 1390. The van der Waals surface area contributed by atoms with Crippen LogP contribution in [0.1, 0.15) is 25.1 Å². The van der Waals surface area contributed by atoms with Crippen LogP contribution in [0.5, 0.6) is 0 Å². The molecule has 8 nitrogen and oxygen atoms in total. The molecular weight excluding hydrogens is 519 g/mol. The summed E-state index contributed by atoms with van der Waals surface area (Å²) in [6.07, 6.45) is -3.78. The fourth-order valence-electron chi connectivity index (χ4n) is 3.77. The summed E-state index contributed by atoms with van der Waals surface area (Å²) in [5.74, 6) is -0.228. The van der Waals surface area contributed by atoms with Gasteiger partial charge in [0.15, 0.2) is 9.84 Å². The van der Waals surface area contributed by atoms with Gasteiger partial charge in [0.05, 0.1) is 40.1 Å². The second kappa shape index (κ2) is 9.49. The van der Waals surface area contributed by atoms with Gasteiger partial charge in [0.25, 0.3) is 0 Å². The molecule has 1 aromatic carbocycles. The van der Waals surface area contributed by atoms with Crippen LogP contribution < -0.4 is 10.6 Å². The number of rotatable bonds is 5. The first-order chi connectivity index (χ1) is 16.8. The van der Waals surface area contributed by atoms with Gasteiger partial charge in [0, 0.05) is 24.8 Å². The highest BCUT2D eigenvalue weighted by atomic mass is 35.5. The van der Waals surface area contributed by atoms with Gasteiger partial charge in [-0.25, -0.2) is 23.4 Å². The molecule has 192 valence electrons. The minimum Gasteiger partial charge on any atom is -0.384 e. The molecule has 0 aliphatic carbocycles.